The van der Waals surface area contributed by atoms with Crippen molar-refractivity contribution in [1.82, 2.24) is 9.80 Å². The van der Waals surface area contributed by atoms with Gasteiger partial charge in [0.1, 0.15) is 6.04 Å². The zero-order valence-electron chi connectivity index (χ0n) is 21.1. The van der Waals surface area contributed by atoms with Crippen LogP contribution in [0.25, 0.3) is 0 Å². The fourth-order valence-electron chi connectivity index (χ4n) is 6.18. The molecule has 3 heterocycles. The zero-order valence-corrected chi connectivity index (χ0v) is 21.9. The van der Waals surface area contributed by atoms with Gasteiger partial charge < -0.3 is 19.6 Å². The number of carbonyl (C=O) groups excluding carboxylic acids is 3. The van der Waals surface area contributed by atoms with Crippen molar-refractivity contribution in [3.63, 3.8) is 0 Å². The second-order valence-corrected chi connectivity index (χ2v) is 12.0. The van der Waals surface area contributed by atoms with Gasteiger partial charge in [0.05, 0.1) is 35.8 Å². The lowest BCUT2D eigenvalue weighted by atomic mass is 9.66. The molecule has 0 aromatic heterocycles. The molecule has 1 spiro atoms. The molecule has 3 aliphatic rings. The van der Waals surface area contributed by atoms with E-state index in [-0.39, 0.29) is 54.1 Å². The van der Waals surface area contributed by atoms with E-state index in [9.17, 15) is 19.5 Å². The van der Waals surface area contributed by atoms with Gasteiger partial charge in [-0.25, -0.2) is 0 Å². The Kier molecular flexibility index (Phi) is 8.23. The number of nitrogens with zero attached hydrogens (tertiary/aromatic N) is 2. The third-order valence-electron chi connectivity index (χ3n) is 7.80. The molecular formula is C26H40N2O5S. The number of fused-ring (bicyclic) bond motifs is 1. The predicted molar refractivity (Wildman–Crippen MR) is 134 cm³/mol. The van der Waals surface area contributed by atoms with Crippen LogP contribution in [0, 0.1) is 23.7 Å². The van der Waals surface area contributed by atoms with Crippen LogP contribution in [0.15, 0.2) is 25.3 Å². The monoisotopic (exact) mass is 492 g/mol. The molecule has 0 radical (unpaired) electrons. The van der Waals surface area contributed by atoms with E-state index >= 15 is 0 Å². The minimum absolute atomic E-state index is 0.0538. The van der Waals surface area contributed by atoms with Gasteiger partial charge >= 0.3 is 5.97 Å². The van der Waals surface area contributed by atoms with Crippen LogP contribution in [-0.2, 0) is 19.1 Å². The first-order chi connectivity index (χ1) is 16.1. The summed E-state index contributed by atoms with van der Waals surface area (Å²) in [4.78, 5) is 44.9. The van der Waals surface area contributed by atoms with Crippen molar-refractivity contribution in [2.45, 2.75) is 75.6 Å². The smallest absolute Gasteiger partial charge is 0.310 e. The highest BCUT2D eigenvalue weighted by Gasteiger charge is 2.77. The average molecular weight is 493 g/mol. The Morgan fingerprint density at radius 1 is 1.29 bits per heavy atom. The number of hydrogen-bond acceptors (Lipinski definition) is 6. The van der Waals surface area contributed by atoms with Crippen LogP contribution < -0.4 is 0 Å². The topological polar surface area (TPSA) is 87.1 Å². The molecule has 3 aliphatic heterocycles. The van der Waals surface area contributed by atoms with Crippen molar-refractivity contribution >= 4 is 29.5 Å². The molecule has 3 saturated heterocycles. The van der Waals surface area contributed by atoms with Gasteiger partial charge in [-0.05, 0) is 38.5 Å². The van der Waals surface area contributed by atoms with Gasteiger partial charge in [0, 0.05) is 17.8 Å². The van der Waals surface area contributed by atoms with Gasteiger partial charge in [0.25, 0.3) is 0 Å². The minimum Gasteiger partial charge on any atom is -0.465 e. The number of aliphatic hydroxyl groups excluding tert-OH is 1. The molecule has 3 fully saturated rings. The maximum Gasteiger partial charge on any atom is 0.310 e. The first-order valence-electron chi connectivity index (χ1n) is 12.4. The van der Waals surface area contributed by atoms with Gasteiger partial charge in [-0.1, -0.05) is 32.9 Å². The first kappa shape index (κ1) is 26.8. The highest BCUT2D eigenvalue weighted by Crippen LogP contribution is 2.69. The number of likely N-dealkylation sites (tertiary alicyclic amines) is 1. The van der Waals surface area contributed by atoms with Gasteiger partial charge in [0.15, 0.2) is 0 Å². The van der Waals surface area contributed by atoms with E-state index in [4.69, 9.17) is 4.74 Å². The van der Waals surface area contributed by atoms with E-state index < -0.39 is 28.7 Å². The highest BCUT2D eigenvalue weighted by atomic mass is 32.2. The summed E-state index contributed by atoms with van der Waals surface area (Å²) in [5, 5.41) is 10.2. The molecule has 0 aliphatic carbocycles. The number of amides is 2. The lowest BCUT2D eigenvalue weighted by molar-refractivity contribution is -0.155. The molecular weight excluding hydrogens is 452 g/mol. The van der Waals surface area contributed by atoms with Crippen molar-refractivity contribution in [1.29, 1.82) is 0 Å². The summed E-state index contributed by atoms with van der Waals surface area (Å²) in [7, 11) is 0. The van der Waals surface area contributed by atoms with E-state index in [1.807, 2.05) is 27.7 Å². The number of hydrogen-bond donors (Lipinski definition) is 1. The lowest BCUT2D eigenvalue weighted by Gasteiger charge is -2.43. The van der Waals surface area contributed by atoms with Crippen molar-refractivity contribution in [3.05, 3.63) is 25.3 Å². The van der Waals surface area contributed by atoms with Crippen LogP contribution in [0.2, 0.25) is 0 Å². The molecule has 3 rings (SSSR count). The third kappa shape index (κ3) is 4.11. The van der Waals surface area contributed by atoms with Crippen LogP contribution in [0.1, 0.15) is 47.5 Å². The number of rotatable bonds is 11. The van der Waals surface area contributed by atoms with E-state index in [1.165, 1.54) is 0 Å². The van der Waals surface area contributed by atoms with E-state index in [0.29, 0.717) is 13.0 Å². The SMILES string of the molecule is C=CCCOC(=O)[C@@H]1[C@H]2C(=O)N([C@@H](CO)C(C)C)C(C(=O)N(CC=C)C(C)C)C23S[C@@H]1CC3C. The third-order valence-corrected chi connectivity index (χ3v) is 9.88. The molecule has 3 unspecified atom stereocenters. The van der Waals surface area contributed by atoms with E-state index in [0.717, 1.165) is 6.42 Å². The van der Waals surface area contributed by atoms with E-state index in [2.05, 4.69) is 20.1 Å². The van der Waals surface area contributed by atoms with Gasteiger partial charge in [-0.15, -0.1) is 24.9 Å². The summed E-state index contributed by atoms with van der Waals surface area (Å²) in [5.41, 5.74) is 0. The van der Waals surface area contributed by atoms with E-state index in [1.54, 1.807) is 33.7 Å². The Bertz CT molecular complexity index is 830. The molecule has 2 bridgehead atoms. The Hall–Kier alpha value is -1.80. The largest absolute Gasteiger partial charge is 0.465 e. The summed E-state index contributed by atoms with van der Waals surface area (Å²) in [6.07, 6.45) is 4.69. The molecule has 2 amide bonds. The van der Waals surface area contributed by atoms with Crippen LogP contribution in [0.3, 0.4) is 0 Å². The summed E-state index contributed by atoms with van der Waals surface area (Å²) in [5.74, 6) is -1.92. The standard InChI is InChI=1S/C26H40N2O5S/c1-8-10-12-33-25(32)20-19-13-17(7)26(34-19)21(20)23(30)28(18(14-29)15(3)4)22(26)24(31)27(11-9-2)16(5)6/h8-9,15-22,29H,1-2,10-14H2,3-7H3/t17?,18-,19+,20-,21-,22?,26?/m0/s1. The average Bonchev–Trinajstić information content (AvgIpc) is 3.36. The number of ether oxygens (including phenoxy) is 1. The van der Waals surface area contributed by atoms with Crippen molar-refractivity contribution in [2.75, 3.05) is 19.8 Å². The van der Waals surface area contributed by atoms with Crippen LogP contribution >= 0.6 is 11.8 Å². The molecule has 0 saturated carbocycles. The number of aliphatic hydroxyl groups is 1. The Morgan fingerprint density at radius 3 is 2.50 bits per heavy atom. The molecule has 1 N–H and O–H groups in total. The summed E-state index contributed by atoms with van der Waals surface area (Å²) < 4.78 is 4.82. The fourth-order valence-corrected chi connectivity index (χ4v) is 8.57. The molecule has 34 heavy (non-hydrogen) atoms. The molecule has 8 heteroatoms. The molecule has 0 aromatic carbocycles. The molecule has 190 valence electrons. The second kappa shape index (κ2) is 10.4. The molecule has 7 nitrogen and oxygen atoms in total. The Labute approximate surface area is 208 Å². The zero-order chi connectivity index (χ0) is 25.4. The van der Waals surface area contributed by atoms with Crippen molar-refractivity contribution < 1.29 is 24.2 Å². The summed E-state index contributed by atoms with van der Waals surface area (Å²) >= 11 is 1.63. The maximum atomic E-state index is 14.2. The van der Waals surface area contributed by atoms with Gasteiger partial charge in [-0.2, -0.15) is 0 Å². The lowest BCUT2D eigenvalue weighted by Crippen LogP contribution is -2.60. The first-order valence-corrected chi connectivity index (χ1v) is 13.3. The number of esters is 1. The van der Waals surface area contributed by atoms with Crippen molar-refractivity contribution in [2.24, 2.45) is 23.7 Å². The van der Waals surface area contributed by atoms with Crippen molar-refractivity contribution in [3.8, 4) is 0 Å². The van der Waals surface area contributed by atoms with Gasteiger partial charge in [0.2, 0.25) is 11.8 Å². The normalized spacial score (nSPS) is 32.8. The fraction of sp³-hybridized carbons (Fsp3) is 0.731. The summed E-state index contributed by atoms with van der Waals surface area (Å²) in [6, 6.07) is -1.34. The predicted octanol–water partition coefficient (Wildman–Crippen LogP) is 2.88. The van der Waals surface area contributed by atoms with Crippen LogP contribution in [0.4, 0.5) is 0 Å². The Morgan fingerprint density at radius 2 is 1.97 bits per heavy atom. The quantitative estimate of drug-likeness (QED) is 0.271. The maximum absolute atomic E-state index is 14.2. The minimum atomic E-state index is -0.747. The number of carbonyl (C=O) groups is 3. The molecule has 0 aromatic rings. The summed E-state index contributed by atoms with van der Waals surface area (Å²) in [6.45, 7) is 17.7. The molecule has 7 atom stereocenters. The van der Waals surface area contributed by atoms with Gasteiger partial charge in [-0.3, -0.25) is 14.4 Å². The Balaban J connectivity index is 2.11. The highest BCUT2D eigenvalue weighted by molar-refractivity contribution is 8.02. The number of thioether (sulfide) groups is 1. The van der Waals surface area contributed by atoms with Crippen LogP contribution in [0.5, 0.6) is 0 Å². The second-order valence-electron chi connectivity index (χ2n) is 10.4. The van der Waals surface area contributed by atoms with Crippen LogP contribution in [-0.4, -0.2) is 80.6 Å².